The van der Waals surface area contributed by atoms with Gasteiger partial charge < -0.3 is 11.1 Å². The maximum absolute atomic E-state index is 6.04. The van der Waals surface area contributed by atoms with Gasteiger partial charge in [-0.1, -0.05) is 35.4 Å². The van der Waals surface area contributed by atoms with Crippen molar-refractivity contribution < 1.29 is 0 Å². The number of anilines is 2. The second kappa shape index (κ2) is 5.48. The van der Waals surface area contributed by atoms with E-state index in [1.165, 1.54) is 6.20 Å². The Kier molecular flexibility index (Phi) is 3.96. The van der Waals surface area contributed by atoms with Gasteiger partial charge in [-0.2, -0.15) is 5.10 Å². The van der Waals surface area contributed by atoms with E-state index in [1.807, 2.05) is 0 Å². The third-order valence-electron chi connectivity index (χ3n) is 2.17. The minimum atomic E-state index is 0.227. The molecular formula is C11H8Cl2N4S. The second-order valence-electron chi connectivity index (χ2n) is 3.41. The van der Waals surface area contributed by atoms with Gasteiger partial charge in [-0.3, -0.25) is 0 Å². The fourth-order valence-electron chi connectivity index (χ4n) is 1.34. The average Bonchev–Trinajstić information content (AvgIpc) is 2.34. The largest absolute Gasteiger partial charge is 0.389 e. The lowest BCUT2D eigenvalue weighted by Crippen LogP contribution is -2.13. The maximum atomic E-state index is 6.04. The van der Waals surface area contributed by atoms with E-state index in [0.717, 1.165) is 0 Å². The standard InChI is InChI=1S/C11H8Cl2N4S/c12-6-1-2-8(13)9(5-6)16-11-7(10(14)18)3-4-15-17-11/h1-5H,(H2,14,18)(H,16,17). The van der Waals surface area contributed by atoms with Crippen LogP contribution in [0.25, 0.3) is 0 Å². The summed E-state index contributed by atoms with van der Waals surface area (Å²) in [6.45, 7) is 0. The number of nitrogens with zero attached hydrogens (tertiary/aromatic N) is 2. The van der Waals surface area contributed by atoms with Gasteiger partial charge in [0.05, 0.1) is 22.5 Å². The normalized spacial score (nSPS) is 10.1. The number of rotatable bonds is 3. The van der Waals surface area contributed by atoms with Crippen LogP contribution >= 0.6 is 35.4 Å². The van der Waals surface area contributed by atoms with E-state index in [2.05, 4.69) is 15.5 Å². The van der Waals surface area contributed by atoms with Crippen LogP contribution in [0.4, 0.5) is 11.5 Å². The van der Waals surface area contributed by atoms with Crippen molar-refractivity contribution in [2.75, 3.05) is 5.32 Å². The van der Waals surface area contributed by atoms with Crippen molar-refractivity contribution in [1.29, 1.82) is 0 Å². The van der Waals surface area contributed by atoms with Crippen LogP contribution in [0.2, 0.25) is 10.0 Å². The number of aromatic nitrogens is 2. The topological polar surface area (TPSA) is 63.8 Å². The van der Waals surface area contributed by atoms with E-state index in [9.17, 15) is 0 Å². The molecule has 18 heavy (non-hydrogen) atoms. The molecule has 0 aliphatic heterocycles. The van der Waals surface area contributed by atoms with Crippen molar-refractivity contribution in [2.24, 2.45) is 5.73 Å². The molecule has 3 N–H and O–H groups in total. The van der Waals surface area contributed by atoms with Gasteiger partial charge in [0.2, 0.25) is 0 Å². The first-order valence-corrected chi connectivity index (χ1v) is 6.08. The highest BCUT2D eigenvalue weighted by Gasteiger charge is 2.09. The van der Waals surface area contributed by atoms with Crippen LogP contribution in [0.3, 0.4) is 0 Å². The number of hydrogen-bond donors (Lipinski definition) is 2. The Bertz CT molecular complexity index is 603. The zero-order valence-corrected chi connectivity index (χ0v) is 11.4. The number of benzene rings is 1. The SMILES string of the molecule is NC(=S)c1ccnnc1Nc1cc(Cl)ccc1Cl. The van der Waals surface area contributed by atoms with Gasteiger partial charge in [0.25, 0.3) is 0 Å². The lowest BCUT2D eigenvalue weighted by Gasteiger charge is -2.10. The zero-order valence-electron chi connectivity index (χ0n) is 9.02. The highest BCUT2D eigenvalue weighted by molar-refractivity contribution is 7.80. The molecule has 2 aromatic rings. The molecule has 0 radical (unpaired) electrons. The molecule has 7 heteroatoms. The Morgan fingerprint density at radius 1 is 1.28 bits per heavy atom. The number of halogens is 2. The molecule has 2 rings (SSSR count). The van der Waals surface area contributed by atoms with Crippen LogP contribution in [0.1, 0.15) is 5.56 Å². The first-order chi connectivity index (χ1) is 8.58. The summed E-state index contributed by atoms with van der Waals surface area (Å²) < 4.78 is 0. The Hall–Kier alpha value is -1.43. The van der Waals surface area contributed by atoms with Crippen molar-refractivity contribution in [3.8, 4) is 0 Å². The van der Waals surface area contributed by atoms with Crippen LogP contribution in [0.5, 0.6) is 0 Å². The average molecular weight is 299 g/mol. The van der Waals surface area contributed by atoms with E-state index in [0.29, 0.717) is 27.1 Å². The van der Waals surface area contributed by atoms with Crippen LogP contribution in [-0.2, 0) is 0 Å². The summed E-state index contributed by atoms with van der Waals surface area (Å²) in [4.78, 5) is 0.227. The molecule has 0 saturated carbocycles. The first kappa shape index (κ1) is 13.0. The summed E-state index contributed by atoms with van der Waals surface area (Å²) >= 11 is 16.9. The molecule has 0 saturated heterocycles. The lowest BCUT2D eigenvalue weighted by atomic mass is 10.2. The Morgan fingerprint density at radius 3 is 2.78 bits per heavy atom. The molecule has 0 aliphatic carbocycles. The van der Waals surface area contributed by atoms with E-state index in [4.69, 9.17) is 41.2 Å². The van der Waals surface area contributed by atoms with Gasteiger partial charge in [-0.05, 0) is 24.3 Å². The van der Waals surface area contributed by atoms with Crippen LogP contribution in [-0.4, -0.2) is 15.2 Å². The third kappa shape index (κ3) is 2.87. The van der Waals surface area contributed by atoms with Gasteiger partial charge in [0, 0.05) is 5.02 Å². The zero-order chi connectivity index (χ0) is 13.1. The molecule has 0 aliphatic rings. The quantitative estimate of drug-likeness (QED) is 0.852. The molecule has 1 aromatic carbocycles. The molecule has 4 nitrogen and oxygen atoms in total. The molecule has 0 atom stereocenters. The summed E-state index contributed by atoms with van der Waals surface area (Å²) in [7, 11) is 0. The summed E-state index contributed by atoms with van der Waals surface area (Å²) in [5.41, 5.74) is 6.81. The predicted molar refractivity (Wildman–Crippen MR) is 77.7 cm³/mol. The monoisotopic (exact) mass is 298 g/mol. The summed E-state index contributed by atoms with van der Waals surface area (Å²) in [6, 6.07) is 6.74. The highest BCUT2D eigenvalue weighted by atomic mass is 35.5. The van der Waals surface area contributed by atoms with Gasteiger partial charge in [-0.25, -0.2) is 0 Å². The van der Waals surface area contributed by atoms with Gasteiger partial charge >= 0.3 is 0 Å². The molecule has 0 bridgehead atoms. The first-order valence-electron chi connectivity index (χ1n) is 4.91. The van der Waals surface area contributed by atoms with Crippen molar-refractivity contribution in [3.63, 3.8) is 0 Å². The van der Waals surface area contributed by atoms with Crippen molar-refractivity contribution in [3.05, 3.63) is 46.1 Å². The fourth-order valence-corrected chi connectivity index (χ4v) is 1.85. The molecule has 0 unspecified atom stereocenters. The van der Waals surface area contributed by atoms with E-state index < -0.39 is 0 Å². The number of nitrogens with one attached hydrogen (secondary N) is 1. The maximum Gasteiger partial charge on any atom is 0.163 e. The molecular weight excluding hydrogens is 291 g/mol. The van der Waals surface area contributed by atoms with Crippen LogP contribution in [0.15, 0.2) is 30.5 Å². The number of thiocarbonyl (C=S) groups is 1. The van der Waals surface area contributed by atoms with Crippen LogP contribution in [0, 0.1) is 0 Å². The predicted octanol–water partition coefficient (Wildman–Crippen LogP) is 3.16. The smallest absolute Gasteiger partial charge is 0.163 e. The Labute approximate surface area is 119 Å². The molecule has 92 valence electrons. The van der Waals surface area contributed by atoms with Crippen molar-refractivity contribution in [1.82, 2.24) is 10.2 Å². The second-order valence-corrected chi connectivity index (χ2v) is 4.69. The van der Waals surface area contributed by atoms with E-state index >= 15 is 0 Å². The summed E-state index contributed by atoms with van der Waals surface area (Å²) in [5.74, 6) is 0.439. The molecule has 0 amide bonds. The number of nitrogens with two attached hydrogens (primary N) is 1. The van der Waals surface area contributed by atoms with E-state index in [1.54, 1.807) is 24.3 Å². The van der Waals surface area contributed by atoms with E-state index in [-0.39, 0.29) is 4.99 Å². The minimum Gasteiger partial charge on any atom is -0.389 e. The summed E-state index contributed by atoms with van der Waals surface area (Å²) in [5, 5.41) is 11.8. The molecule has 1 aromatic heterocycles. The lowest BCUT2D eigenvalue weighted by molar-refractivity contribution is 1.03. The molecule has 0 spiro atoms. The summed E-state index contributed by atoms with van der Waals surface area (Å²) in [6.07, 6.45) is 1.51. The highest BCUT2D eigenvalue weighted by Crippen LogP contribution is 2.28. The van der Waals surface area contributed by atoms with Gasteiger partial charge in [-0.15, -0.1) is 5.10 Å². The molecule has 0 fully saturated rings. The van der Waals surface area contributed by atoms with Gasteiger partial charge in [0.15, 0.2) is 5.82 Å². The fraction of sp³-hybridized carbons (Fsp3) is 0. The Morgan fingerprint density at radius 2 is 2.06 bits per heavy atom. The van der Waals surface area contributed by atoms with Gasteiger partial charge in [0.1, 0.15) is 4.99 Å². The number of hydrogen-bond acceptors (Lipinski definition) is 4. The Balaban J connectivity index is 2.40. The minimum absolute atomic E-state index is 0.227. The van der Waals surface area contributed by atoms with Crippen LogP contribution < -0.4 is 11.1 Å². The van der Waals surface area contributed by atoms with Crippen molar-refractivity contribution in [2.45, 2.75) is 0 Å². The third-order valence-corrected chi connectivity index (χ3v) is 2.95. The molecule has 1 heterocycles. The van der Waals surface area contributed by atoms with Crippen molar-refractivity contribution >= 4 is 51.9 Å².